The summed E-state index contributed by atoms with van der Waals surface area (Å²) in [6, 6.07) is 21.7. The van der Waals surface area contributed by atoms with E-state index in [-0.39, 0.29) is 5.91 Å². The summed E-state index contributed by atoms with van der Waals surface area (Å²) >= 11 is 7.50. The Balaban J connectivity index is 1.53. The molecule has 3 aromatic carbocycles. The fourth-order valence-corrected chi connectivity index (χ4v) is 3.74. The van der Waals surface area contributed by atoms with E-state index in [4.69, 9.17) is 11.6 Å². The van der Waals surface area contributed by atoms with Gasteiger partial charge in [0.2, 0.25) is 5.91 Å². The average Bonchev–Trinajstić information content (AvgIpc) is 3.15. The molecule has 3 nitrogen and oxygen atoms in total. The van der Waals surface area contributed by atoms with Gasteiger partial charge in [-0.1, -0.05) is 72.3 Å². The highest BCUT2D eigenvalue weighted by atomic mass is 35.5. The van der Waals surface area contributed by atoms with E-state index in [1.54, 1.807) is 12.1 Å². The first-order valence-electron chi connectivity index (χ1n) is 8.38. The lowest BCUT2D eigenvalue weighted by Crippen LogP contribution is -2.07. The number of carbonyl (C=O) groups excluding carboxylic acids is 1. The number of thiazole rings is 1. The highest BCUT2D eigenvalue weighted by Crippen LogP contribution is 2.31. The van der Waals surface area contributed by atoms with Crippen LogP contribution in [0.1, 0.15) is 5.56 Å². The zero-order chi connectivity index (χ0) is 18.6. The van der Waals surface area contributed by atoms with Crippen LogP contribution < -0.4 is 5.32 Å². The Morgan fingerprint density at radius 1 is 1.00 bits per heavy atom. The van der Waals surface area contributed by atoms with Crippen LogP contribution in [-0.2, 0) is 4.79 Å². The SMILES string of the molecule is O=C(C=Cc1ccccc1Cl)Nc1nc(-c2cccc3ccccc23)cs1. The first-order valence-corrected chi connectivity index (χ1v) is 9.64. The van der Waals surface area contributed by atoms with Gasteiger partial charge in [-0.3, -0.25) is 10.1 Å². The average molecular weight is 391 g/mol. The summed E-state index contributed by atoms with van der Waals surface area (Å²) in [4.78, 5) is 16.8. The van der Waals surface area contributed by atoms with Gasteiger partial charge in [0, 0.05) is 22.0 Å². The van der Waals surface area contributed by atoms with E-state index >= 15 is 0 Å². The number of benzene rings is 3. The van der Waals surface area contributed by atoms with Crippen molar-refractivity contribution in [3.63, 3.8) is 0 Å². The summed E-state index contributed by atoms with van der Waals surface area (Å²) in [5, 5.41) is 8.23. The molecule has 4 aromatic rings. The van der Waals surface area contributed by atoms with Crippen molar-refractivity contribution in [2.24, 2.45) is 0 Å². The molecular weight excluding hydrogens is 376 g/mol. The molecule has 1 heterocycles. The van der Waals surface area contributed by atoms with E-state index in [1.165, 1.54) is 17.4 Å². The maximum absolute atomic E-state index is 12.2. The molecule has 0 unspecified atom stereocenters. The number of amides is 1. The normalized spacial score (nSPS) is 11.1. The highest BCUT2D eigenvalue weighted by Gasteiger charge is 2.09. The number of fused-ring (bicyclic) bond motifs is 1. The van der Waals surface area contributed by atoms with Gasteiger partial charge in [-0.15, -0.1) is 11.3 Å². The van der Waals surface area contributed by atoms with E-state index in [2.05, 4.69) is 28.5 Å². The minimum Gasteiger partial charge on any atom is -0.298 e. The minimum absolute atomic E-state index is 0.242. The van der Waals surface area contributed by atoms with Crippen molar-refractivity contribution >= 4 is 50.8 Å². The summed E-state index contributed by atoms with van der Waals surface area (Å²) in [5.41, 5.74) is 2.70. The molecular formula is C22H15ClN2OS. The van der Waals surface area contributed by atoms with Crippen molar-refractivity contribution in [2.45, 2.75) is 0 Å². The van der Waals surface area contributed by atoms with Gasteiger partial charge in [0.1, 0.15) is 0 Å². The second kappa shape index (κ2) is 7.74. The zero-order valence-corrected chi connectivity index (χ0v) is 15.8. The molecule has 0 saturated carbocycles. The maximum Gasteiger partial charge on any atom is 0.250 e. The van der Waals surface area contributed by atoms with Crippen LogP contribution >= 0.6 is 22.9 Å². The molecule has 5 heteroatoms. The van der Waals surface area contributed by atoms with Crippen LogP contribution in [0.25, 0.3) is 28.1 Å². The molecule has 0 atom stereocenters. The Morgan fingerprint density at radius 2 is 1.78 bits per heavy atom. The minimum atomic E-state index is -0.242. The maximum atomic E-state index is 12.2. The molecule has 132 valence electrons. The number of hydrogen-bond donors (Lipinski definition) is 1. The van der Waals surface area contributed by atoms with E-state index in [9.17, 15) is 4.79 Å². The third kappa shape index (κ3) is 3.92. The van der Waals surface area contributed by atoms with Crippen molar-refractivity contribution < 1.29 is 4.79 Å². The standard InChI is InChI=1S/C22H15ClN2OS/c23-19-11-4-2-7-16(19)12-13-21(26)25-22-24-20(14-27-22)18-10-5-8-15-6-1-3-9-17(15)18/h1-14H,(H,24,25,26). The Hall–Kier alpha value is -2.95. The molecule has 4 rings (SSSR count). The molecule has 27 heavy (non-hydrogen) atoms. The third-order valence-electron chi connectivity index (χ3n) is 4.12. The predicted octanol–water partition coefficient (Wildman–Crippen LogP) is 6.27. The molecule has 1 N–H and O–H groups in total. The summed E-state index contributed by atoms with van der Waals surface area (Å²) in [6.45, 7) is 0. The van der Waals surface area contributed by atoms with Crippen molar-refractivity contribution in [1.82, 2.24) is 4.98 Å². The smallest absolute Gasteiger partial charge is 0.250 e. The van der Waals surface area contributed by atoms with Crippen LogP contribution in [0.3, 0.4) is 0 Å². The van der Waals surface area contributed by atoms with Crippen LogP contribution in [0, 0.1) is 0 Å². The van der Waals surface area contributed by atoms with Gasteiger partial charge >= 0.3 is 0 Å². The van der Waals surface area contributed by atoms with Gasteiger partial charge in [0.05, 0.1) is 5.69 Å². The van der Waals surface area contributed by atoms with Crippen LogP contribution in [0.5, 0.6) is 0 Å². The van der Waals surface area contributed by atoms with E-state index in [1.807, 2.05) is 47.8 Å². The van der Waals surface area contributed by atoms with Gasteiger partial charge in [-0.05, 0) is 28.5 Å². The lowest BCUT2D eigenvalue weighted by molar-refractivity contribution is -0.111. The lowest BCUT2D eigenvalue weighted by Gasteiger charge is -2.03. The number of rotatable bonds is 4. The second-order valence-electron chi connectivity index (χ2n) is 5.91. The monoisotopic (exact) mass is 390 g/mol. The van der Waals surface area contributed by atoms with E-state index in [0.717, 1.165) is 27.6 Å². The van der Waals surface area contributed by atoms with Gasteiger partial charge in [-0.2, -0.15) is 0 Å². The highest BCUT2D eigenvalue weighted by molar-refractivity contribution is 7.14. The fourth-order valence-electron chi connectivity index (χ4n) is 2.83. The molecule has 1 aromatic heterocycles. The largest absolute Gasteiger partial charge is 0.298 e. The molecule has 0 aliphatic rings. The van der Waals surface area contributed by atoms with Crippen molar-refractivity contribution in [3.05, 3.63) is 88.8 Å². The molecule has 0 aliphatic heterocycles. The first-order chi connectivity index (χ1) is 13.2. The predicted molar refractivity (Wildman–Crippen MR) is 114 cm³/mol. The fraction of sp³-hybridized carbons (Fsp3) is 0. The van der Waals surface area contributed by atoms with Gasteiger partial charge < -0.3 is 0 Å². The van der Waals surface area contributed by atoms with E-state index < -0.39 is 0 Å². The Kier molecular flexibility index (Phi) is 5.01. The molecule has 0 aliphatic carbocycles. The Morgan fingerprint density at radius 3 is 2.67 bits per heavy atom. The number of halogens is 1. The Labute approximate surface area is 166 Å². The van der Waals surface area contributed by atoms with Crippen molar-refractivity contribution in [1.29, 1.82) is 0 Å². The van der Waals surface area contributed by atoms with Crippen LogP contribution in [0.2, 0.25) is 5.02 Å². The van der Waals surface area contributed by atoms with Gasteiger partial charge in [0.25, 0.3) is 0 Å². The van der Waals surface area contributed by atoms with Gasteiger partial charge in [-0.25, -0.2) is 4.98 Å². The van der Waals surface area contributed by atoms with Gasteiger partial charge in [0.15, 0.2) is 5.13 Å². The number of aromatic nitrogens is 1. The molecule has 0 saturated heterocycles. The van der Waals surface area contributed by atoms with Crippen LogP contribution in [-0.4, -0.2) is 10.9 Å². The molecule has 0 radical (unpaired) electrons. The summed E-state index contributed by atoms with van der Waals surface area (Å²) in [6.07, 6.45) is 3.15. The van der Waals surface area contributed by atoms with Crippen LogP contribution in [0.15, 0.2) is 78.2 Å². The molecule has 0 bridgehead atoms. The summed E-state index contributed by atoms with van der Waals surface area (Å²) in [7, 11) is 0. The van der Waals surface area contributed by atoms with Crippen molar-refractivity contribution in [3.8, 4) is 11.3 Å². The second-order valence-corrected chi connectivity index (χ2v) is 7.17. The number of carbonyl (C=O) groups is 1. The lowest BCUT2D eigenvalue weighted by atomic mass is 10.0. The molecule has 1 amide bonds. The van der Waals surface area contributed by atoms with E-state index in [0.29, 0.717) is 10.2 Å². The molecule has 0 spiro atoms. The summed E-state index contributed by atoms with van der Waals surface area (Å²) < 4.78 is 0. The zero-order valence-electron chi connectivity index (χ0n) is 14.2. The first kappa shape index (κ1) is 17.5. The molecule has 0 fully saturated rings. The number of nitrogens with zero attached hydrogens (tertiary/aromatic N) is 1. The third-order valence-corrected chi connectivity index (χ3v) is 5.22. The van der Waals surface area contributed by atoms with Crippen LogP contribution in [0.4, 0.5) is 5.13 Å². The Bertz CT molecular complexity index is 1140. The number of hydrogen-bond acceptors (Lipinski definition) is 3. The quantitative estimate of drug-likeness (QED) is 0.417. The van der Waals surface area contributed by atoms with Crippen molar-refractivity contribution in [2.75, 3.05) is 5.32 Å². The topological polar surface area (TPSA) is 42.0 Å². The number of anilines is 1. The summed E-state index contributed by atoms with van der Waals surface area (Å²) in [5.74, 6) is -0.242. The number of nitrogens with one attached hydrogen (secondary N) is 1.